The van der Waals surface area contributed by atoms with Gasteiger partial charge >= 0.3 is 0 Å². The lowest BCUT2D eigenvalue weighted by Crippen LogP contribution is -2.12. The van der Waals surface area contributed by atoms with Crippen LogP contribution in [-0.4, -0.2) is 19.1 Å². The van der Waals surface area contributed by atoms with Crippen LogP contribution in [0.5, 0.6) is 11.5 Å². The molecule has 0 atom stereocenters. The highest BCUT2D eigenvalue weighted by Crippen LogP contribution is 2.30. The van der Waals surface area contributed by atoms with Gasteiger partial charge in [0.25, 0.3) is 0 Å². The van der Waals surface area contributed by atoms with Crippen molar-refractivity contribution in [3.63, 3.8) is 0 Å². The molecule has 0 unspecified atom stereocenters. The molecule has 2 aromatic rings. The molecule has 0 spiro atoms. The van der Waals surface area contributed by atoms with Crippen molar-refractivity contribution in [2.24, 2.45) is 0 Å². The van der Waals surface area contributed by atoms with Crippen molar-refractivity contribution >= 4 is 11.6 Å². The number of carbonyl (C=O) groups is 1. The number of aryl methyl sites for hydroxylation is 2. The number of anilines is 1. The zero-order valence-electron chi connectivity index (χ0n) is 14.0. The van der Waals surface area contributed by atoms with Gasteiger partial charge in [0.1, 0.15) is 0 Å². The quantitative estimate of drug-likeness (QED) is 0.904. The monoisotopic (exact) mass is 325 g/mol. The van der Waals surface area contributed by atoms with Crippen LogP contribution < -0.4 is 14.8 Å². The van der Waals surface area contributed by atoms with Gasteiger partial charge in [-0.1, -0.05) is 25.1 Å². The second-order valence-corrected chi connectivity index (χ2v) is 5.93. The molecule has 4 nitrogen and oxygen atoms in total. The smallest absolute Gasteiger partial charge is 0.224 e. The number of hydrogen-bond donors (Lipinski definition) is 1. The highest BCUT2D eigenvalue weighted by atomic mass is 16.5. The van der Waals surface area contributed by atoms with Gasteiger partial charge in [-0.2, -0.15) is 0 Å². The Labute approximate surface area is 142 Å². The Morgan fingerprint density at radius 3 is 2.71 bits per heavy atom. The molecule has 3 rings (SSSR count). The maximum absolute atomic E-state index is 12.2. The Kier molecular flexibility index (Phi) is 5.36. The van der Waals surface area contributed by atoms with Crippen LogP contribution in [0.15, 0.2) is 42.5 Å². The molecule has 0 saturated carbocycles. The fourth-order valence-corrected chi connectivity index (χ4v) is 2.71. The number of fused-ring (bicyclic) bond motifs is 1. The van der Waals surface area contributed by atoms with E-state index < -0.39 is 0 Å². The lowest BCUT2D eigenvalue weighted by molar-refractivity contribution is -0.116. The molecule has 0 bridgehead atoms. The first kappa shape index (κ1) is 16.4. The van der Waals surface area contributed by atoms with E-state index in [2.05, 4.69) is 18.3 Å². The molecule has 126 valence electrons. The summed E-state index contributed by atoms with van der Waals surface area (Å²) in [4.78, 5) is 12.2. The van der Waals surface area contributed by atoms with Crippen LogP contribution >= 0.6 is 0 Å². The van der Waals surface area contributed by atoms with E-state index in [4.69, 9.17) is 9.47 Å². The molecule has 1 amide bonds. The third-order valence-corrected chi connectivity index (χ3v) is 4.07. The van der Waals surface area contributed by atoms with E-state index in [1.165, 1.54) is 5.56 Å². The highest BCUT2D eigenvalue weighted by Gasteiger charge is 2.11. The van der Waals surface area contributed by atoms with Gasteiger partial charge in [-0.25, -0.2) is 0 Å². The van der Waals surface area contributed by atoms with Gasteiger partial charge in [0.05, 0.1) is 13.2 Å². The molecule has 0 aliphatic carbocycles. The fourth-order valence-electron chi connectivity index (χ4n) is 2.71. The minimum absolute atomic E-state index is 0.0235. The normalized spacial score (nSPS) is 13.2. The van der Waals surface area contributed by atoms with Crippen LogP contribution in [0, 0.1) is 0 Å². The Morgan fingerprint density at radius 2 is 1.88 bits per heavy atom. The van der Waals surface area contributed by atoms with E-state index in [1.54, 1.807) is 0 Å². The molecule has 2 aromatic carbocycles. The zero-order valence-corrected chi connectivity index (χ0v) is 14.0. The molecule has 0 aromatic heterocycles. The number of ether oxygens (including phenoxy) is 2. The number of benzene rings is 2. The lowest BCUT2D eigenvalue weighted by atomic mass is 10.1. The van der Waals surface area contributed by atoms with Gasteiger partial charge in [-0.15, -0.1) is 0 Å². The molecule has 0 radical (unpaired) electrons. The summed E-state index contributed by atoms with van der Waals surface area (Å²) in [5, 5.41) is 2.96. The van der Waals surface area contributed by atoms with Crippen LogP contribution in [0.3, 0.4) is 0 Å². The first-order valence-electron chi connectivity index (χ1n) is 8.52. The van der Waals surface area contributed by atoms with Crippen molar-refractivity contribution in [1.29, 1.82) is 0 Å². The van der Waals surface area contributed by atoms with Crippen LogP contribution in [0.2, 0.25) is 0 Å². The van der Waals surface area contributed by atoms with Crippen molar-refractivity contribution < 1.29 is 14.3 Å². The standard InChI is InChI=1S/C20H23NO3/c1-2-15-5-3-6-17(13-15)21-20(22)10-8-16-7-9-18-19(14-16)24-12-4-11-23-18/h3,5-7,9,13-14H,2,4,8,10-12H2,1H3,(H,21,22). The van der Waals surface area contributed by atoms with Gasteiger partial charge < -0.3 is 14.8 Å². The summed E-state index contributed by atoms with van der Waals surface area (Å²) >= 11 is 0. The Hall–Kier alpha value is -2.49. The Morgan fingerprint density at radius 1 is 1.04 bits per heavy atom. The van der Waals surface area contributed by atoms with Crippen LogP contribution in [0.25, 0.3) is 0 Å². The van der Waals surface area contributed by atoms with Crippen LogP contribution in [0.1, 0.15) is 30.9 Å². The van der Waals surface area contributed by atoms with Gasteiger partial charge in [0, 0.05) is 18.5 Å². The minimum atomic E-state index is 0.0235. The summed E-state index contributed by atoms with van der Waals surface area (Å²) in [6.07, 6.45) is 2.97. The molecule has 1 aliphatic rings. The van der Waals surface area contributed by atoms with E-state index in [1.807, 2.05) is 36.4 Å². The molecule has 0 fully saturated rings. The average Bonchev–Trinajstić information content (AvgIpc) is 2.85. The lowest BCUT2D eigenvalue weighted by Gasteiger charge is -2.10. The number of rotatable bonds is 5. The maximum atomic E-state index is 12.2. The molecule has 0 saturated heterocycles. The summed E-state index contributed by atoms with van der Waals surface area (Å²) in [6, 6.07) is 13.9. The van der Waals surface area contributed by atoms with Crippen molar-refractivity contribution in [1.82, 2.24) is 0 Å². The zero-order chi connectivity index (χ0) is 16.8. The maximum Gasteiger partial charge on any atom is 0.224 e. The largest absolute Gasteiger partial charge is 0.490 e. The average molecular weight is 325 g/mol. The van der Waals surface area contributed by atoms with E-state index in [0.29, 0.717) is 26.1 Å². The number of amides is 1. The molecular formula is C20H23NO3. The van der Waals surface area contributed by atoms with E-state index >= 15 is 0 Å². The SMILES string of the molecule is CCc1cccc(NC(=O)CCc2ccc3c(c2)OCCCO3)c1. The molecule has 4 heteroatoms. The third kappa shape index (κ3) is 4.28. The molecule has 1 N–H and O–H groups in total. The Bertz CT molecular complexity index is 712. The van der Waals surface area contributed by atoms with Gasteiger partial charge in [-0.05, 0) is 48.2 Å². The highest BCUT2D eigenvalue weighted by molar-refractivity contribution is 5.90. The summed E-state index contributed by atoms with van der Waals surface area (Å²) < 4.78 is 11.3. The Balaban J connectivity index is 1.57. The first-order valence-corrected chi connectivity index (χ1v) is 8.52. The predicted octanol–water partition coefficient (Wildman–Crippen LogP) is 3.98. The van der Waals surface area contributed by atoms with Crippen LogP contribution in [0.4, 0.5) is 5.69 Å². The number of nitrogens with one attached hydrogen (secondary N) is 1. The fraction of sp³-hybridized carbons (Fsp3) is 0.350. The molecule has 24 heavy (non-hydrogen) atoms. The second-order valence-electron chi connectivity index (χ2n) is 5.93. The van der Waals surface area contributed by atoms with Crippen molar-refractivity contribution in [3.8, 4) is 11.5 Å². The van der Waals surface area contributed by atoms with Crippen molar-refractivity contribution in [3.05, 3.63) is 53.6 Å². The first-order chi connectivity index (χ1) is 11.7. The summed E-state index contributed by atoms with van der Waals surface area (Å²) in [7, 11) is 0. The summed E-state index contributed by atoms with van der Waals surface area (Å²) in [5.74, 6) is 1.59. The number of hydrogen-bond acceptors (Lipinski definition) is 3. The van der Waals surface area contributed by atoms with E-state index in [9.17, 15) is 4.79 Å². The van der Waals surface area contributed by atoms with Gasteiger partial charge in [-0.3, -0.25) is 4.79 Å². The molecule has 1 aliphatic heterocycles. The predicted molar refractivity (Wildman–Crippen MR) is 94.8 cm³/mol. The molecule has 1 heterocycles. The number of carbonyl (C=O) groups excluding carboxylic acids is 1. The minimum Gasteiger partial charge on any atom is -0.490 e. The van der Waals surface area contributed by atoms with Crippen molar-refractivity contribution in [2.75, 3.05) is 18.5 Å². The third-order valence-electron chi connectivity index (χ3n) is 4.07. The van der Waals surface area contributed by atoms with Crippen LogP contribution in [-0.2, 0) is 17.6 Å². The topological polar surface area (TPSA) is 47.6 Å². The van der Waals surface area contributed by atoms with Crippen molar-refractivity contribution in [2.45, 2.75) is 32.6 Å². The summed E-state index contributed by atoms with van der Waals surface area (Å²) in [5.41, 5.74) is 3.16. The summed E-state index contributed by atoms with van der Waals surface area (Å²) in [6.45, 7) is 3.46. The second kappa shape index (κ2) is 7.86. The van der Waals surface area contributed by atoms with E-state index in [0.717, 1.165) is 35.6 Å². The van der Waals surface area contributed by atoms with Gasteiger partial charge in [0.2, 0.25) is 5.91 Å². The van der Waals surface area contributed by atoms with Gasteiger partial charge in [0.15, 0.2) is 11.5 Å². The molecular weight excluding hydrogens is 302 g/mol. The van der Waals surface area contributed by atoms with E-state index in [-0.39, 0.29) is 5.91 Å².